The van der Waals surface area contributed by atoms with Gasteiger partial charge in [-0.05, 0) is 68.0 Å². The highest BCUT2D eigenvalue weighted by Crippen LogP contribution is 2.43. The topological polar surface area (TPSA) is 98.2 Å². The standard InChI is InChI=1S/C31H31FN2O6S.C2H6/c1-31(2,3)40-30(37)34-11-9-18-15-19(5-6-20(18)17-34)26-23-10-14-41-28(23)25(27(33-26)29(35)36)22-8-7-21(32)16-24(22)39-13-12-38-4;1-2/h5-8,10,14-16H,9,11-13,17H2,1-4H3,(H,35,36);1-2H3. The Balaban J connectivity index is 0.00000207. The van der Waals surface area contributed by atoms with Crippen LogP contribution in [0.25, 0.3) is 32.5 Å². The summed E-state index contributed by atoms with van der Waals surface area (Å²) < 4.78 is 31.3. The maximum Gasteiger partial charge on any atom is 0.410 e. The third-order valence-electron chi connectivity index (χ3n) is 6.71. The van der Waals surface area contributed by atoms with Gasteiger partial charge in [0.05, 0.1) is 12.3 Å². The van der Waals surface area contributed by atoms with Gasteiger partial charge in [0.25, 0.3) is 0 Å². The zero-order valence-electron chi connectivity index (χ0n) is 25.3. The second-order valence-corrected chi connectivity index (χ2v) is 11.7. The molecule has 2 aromatic heterocycles. The average molecular weight is 609 g/mol. The van der Waals surface area contributed by atoms with E-state index >= 15 is 0 Å². The van der Waals surface area contributed by atoms with Gasteiger partial charge in [0.2, 0.25) is 0 Å². The maximum atomic E-state index is 14.2. The molecular formula is C33H37FN2O6S. The number of hydrogen-bond donors (Lipinski definition) is 1. The monoisotopic (exact) mass is 608 g/mol. The molecule has 10 heteroatoms. The number of carbonyl (C=O) groups is 2. The molecule has 3 heterocycles. The maximum absolute atomic E-state index is 14.2. The summed E-state index contributed by atoms with van der Waals surface area (Å²) in [5.74, 6) is -1.48. The number of thiophene rings is 1. The highest BCUT2D eigenvalue weighted by molar-refractivity contribution is 7.18. The summed E-state index contributed by atoms with van der Waals surface area (Å²) in [6.45, 7) is 10.9. The third-order valence-corrected chi connectivity index (χ3v) is 7.64. The lowest BCUT2D eigenvalue weighted by atomic mass is 9.94. The summed E-state index contributed by atoms with van der Waals surface area (Å²) >= 11 is 1.39. The van der Waals surface area contributed by atoms with Crippen LogP contribution in [0.3, 0.4) is 0 Å². The zero-order valence-corrected chi connectivity index (χ0v) is 26.1. The van der Waals surface area contributed by atoms with Gasteiger partial charge < -0.3 is 24.2 Å². The summed E-state index contributed by atoms with van der Waals surface area (Å²) in [7, 11) is 1.54. The van der Waals surface area contributed by atoms with Crippen molar-refractivity contribution in [3.8, 4) is 28.1 Å². The van der Waals surface area contributed by atoms with E-state index in [0.29, 0.717) is 47.6 Å². The minimum atomic E-state index is -1.20. The van der Waals surface area contributed by atoms with Crippen LogP contribution in [0.4, 0.5) is 9.18 Å². The quantitative estimate of drug-likeness (QED) is 0.214. The van der Waals surface area contributed by atoms with E-state index in [9.17, 15) is 19.1 Å². The van der Waals surface area contributed by atoms with Crippen LogP contribution in [0, 0.1) is 5.82 Å². The Morgan fingerprint density at radius 3 is 2.53 bits per heavy atom. The van der Waals surface area contributed by atoms with Gasteiger partial charge >= 0.3 is 12.1 Å². The Morgan fingerprint density at radius 2 is 1.84 bits per heavy atom. The molecule has 0 fully saturated rings. The predicted molar refractivity (Wildman–Crippen MR) is 166 cm³/mol. The van der Waals surface area contributed by atoms with Gasteiger partial charge in [-0.25, -0.2) is 19.0 Å². The number of carboxylic acids is 1. The molecule has 228 valence electrons. The molecule has 0 saturated heterocycles. The Bertz CT molecular complexity index is 1630. The lowest BCUT2D eigenvalue weighted by molar-refractivity contribution is 0.0224. The van der Waals surface area contributed by atoms with Crippen LogP contribution >= 0.6 is 11.3 Å². The van der Waals surface area contributed by atoms with Crippen molar-refractivity contribution in [3.63, 3.8) is 0 Å². The summed E-state index contributed by atoms with van der Waals surface area (Å²) in [6.07, 6.45) is 0.290. The molecule has 0 bridgehead atoms. The predicted octanol–water partition coefficient (Wildman–Crippen LogP) is 7.81. The average Bonchev–Trinajstić information content (AvgIpc) is 3.46. The third kappa shape index (κ3) is 7.14. The summed E-state index contributed by atoms with van der Waals surface area (Å²) in [5, 5.41) is 12.9. The number of ether oxygens (including phenoxy) is 3. The number of hydrogen-bond acceptors (Lipinski definition) is 7. The first-order chi connectivity index (χ1) is 20.6. The van der Waals surface area contributed by atoms with Crippen molar-refractivity contribution in [1.82, 2.24) is 9.88 Å². The fraction of sp³-hybridized carbons (Fsp3) is 0.364. The van der Waals surface area contributed by atoms with E-state index in [1.807, 2.05) is 64.3 Å². The number of aromatic nitrogens is 1. The molecule has 1 N–H and O–H groups in total. The summed E-state index contributed by atoms with van der Waals surface area (Å²) in [4.78, 5) is 31.5. The van der Waals surface area contributed by atoms with E-state index in [4.69, 9.17) is 14.2 Å². The Morgan fingerprint density at radius 1 is 1.07 bits per heavy atom. The van der Waals surface area contributed by atoms with Gasteiger partial charge in [-0.2, -0.15) is 0 Å². The van der Waals surface area contributed by atoms with Crippen molar-refractivity contribution in [1.29, 1.82) is 0 Å². The smallest absolute Gasteiger partial charge is 0.410 e. The molecule has 1 amide bonds. The lowest BCUT2D eigenvalue weighted by Gasteiger charge is -2.31. The van der Waals surface area contributed by atoms with E-state index in [1.54, 1.807) is 4.90 Å². The highest BCUT2D eigenvalue weighted by Gasteiger charge is 2.28. The van der Waals surface area contributed by atoms with Crippen molar-refractivity contribution >= 4 is 33.5 Å². The van der Waals surface area contributed by atoms with Crippen molar-refractivity contribution in [2.75, 3.05) is 26.9 Å². The summed E-state index contributed by atoms with van der Waals surface area (Å²) in [5.41, 5.74) is 3.51. The molecule has 0 spiro atoms. The Kier molecular flexibility index (Phi) is 10.0. The molecule has 8 nitrogen and oxygen atoms in total. The number of carboxylic acid groups (broad SMARTS) is 1. The molecule has 0 radical (unpaired) electrons. The molecule has 0 saturated carbocycles. The molecule has 0 atom stereocenters. The number of fused-ring (bicyclic) bond motifs is 2. The van der Waals surface area contributed by atoms with Gasteiger partial charge in [0, 0.05) is 53.0 Å². The van der Waals surface area contributed by atoms with Gasteiger partial charge in [-0.1, -0.05) is 26.0 Å². The van der Waals surface area contributed by atoms with Crippen molar-refractivity contribution in [3.05, 3.63) is 70.5 Å². The van der Waals surface area contributed by atoms with Crippen LogP contribution < -0.4 is 4.74 Å². The lowest BCUT2D eigenvalue weighted by Crippen LogP contribution is -2.39. The minimum absolute atomic E-state index is 0.146. The van der Waals surface area contributed by atoms with Crippen LogP contribution in [-0.2, 0) is 22.4 Å². The Labute approximate surface area is 255 Å². The fourth-order valence-electron chi connectivity index (χ4n) is 4.89. The number of halogens is 1. The first-order valence-electron chi connectivity index (χ1n) is 14.2. The first kappa shape index (κ1) is 31.9. The largest absolute Gasteiger partial charge is 0.490 e. The zero-order chi connectivity index (χ0) is 31.3. The van der Waals surface area contributed by atoms with E-state index in [1.165, 1.54) is 36.6 Å². The van der Waals surface area contributed by atoms with Crippen LogP contribution in [-0.4, -0.2) is 59.5 Å². The van der Waals surface area contributed by atoms with Crippen molar-refractivity contribution in [2.45, 2.75) is 53.2 Å². The molecule has 5 rings (SSSR count). The van der Waals surface area contributed by atoms with Gasteiger partial charge in [0.1, 0.15) is 23.8 Å². The number of aromatic carboxylic acids is 1. The van der Waals surface area contributed by atoms with Crippen LogP contribution in [0.2, 0.25) is 0 Å². The van der Waals surface area contributed by atoms with E-state index in [2.05, 4.69) is 4.98 Å². The van der Waals surface area contributed by atoms with E-state index < -0.39 is 17.4 Å². The second kappa shape index (κ2) is 13.5. The molecule has 43 heavy (non-hydrogen) atoms. The van der Waals surface area contributed by atoms with Crippen LogP contribution in [0.15, 0.2) is 47.8 Å². The molecule has 4 aromatic rings. The SMILES string of the molecule is CC.COCCOc1cc(F)ccc1-c1c(C(=O)O)nc(-c2ccc3c(c2)CCN(C(=O)OC(C)(C)C)C3)c2ccsc12. The van der Waals surface area contributed by atoms with Gasteiger partial charge in [-0.15, -0.1) is 11.3 Å². The normalized spacial score (nSPS) is 12.8. The van der Waals surface area contributed by atoms with Gasteiger partial charge in [0.15, 0.2) is 5.69 Å². The number of carbonyl (C=O) groups excluding carboxylic acids is 1. The number of rotatable bonds is 7. The van der Waals surface area contributed by atoms with Crippen LogP contribution in [0.5, 0.6) is 5.75 Å². The molecule has 1 aliphatic heterocycles. The number of nitrogens with zero attached hydrogens (tertiary/aromatic N) is 2. The molecule has 0 unspecified atom stereocenters. The number of amides is 1. The number of methoxy groups -OCH3 is 1. The second-order valence-electron chi connectivity index (χ2n) is 10.8. The van der Waals surface area contributed by atoms with E-state index in [0.717, 1.165) is 22.1 Å². The molecular weight excluding hydrogens is 571 g/mol. The molecule has 0 aliphatic carbocycles. The van der Waals surface area contributed by atoms with Crippen molar-refractivity contribution in [2.24, 2.45) is 0 Å². The first-order valence-corrected chi connectivity index (χ1v) is 15.1. The minimum Gasteiger partial charge on any atom is -0.490 e. The Hall–Kier alpha value is -4.02. The van der Waals surface area contributed by atoms with Crippen LogP contribution in [0.1, 0.15) is 56.2 Å². The van der Waals surface area contributed by atoms with Crippen molar-refractivity contribution < 1.29 is 33.3 Å². The molecule has 1 aliphatic rings. The number of benzene rings is 2. The van der Waals surface area contributed by atoms with E-state index in [-0.39, 0.29) is 24.1 Å². The number of pyridine rings is 1. The fourth-order valence-corrected chi connectivity index (χ4v) is 5.85. The summed E-state index contributed by atoms with van der Waals surface area (Å²) in [6, 6.07) is 11.8. The molecule has 2 aromatic carbocycles. The highest BCUT2D eigenvalue weighted by atomic mass is 32.1. The van der Waals surface area contributed by atoms with Gasteiger partial charge in [-0.3, -0.25) is 0 Å².